The van der Waals surface area contributed by atoms with Crippen molar-refractivity contribution in [2.75, 3.05) is 7.11 Å². The fraction of sp³-hybridized carbons (Fsp3) is 0.438. The summed E-state index contributed by atoms with van der Waals surface area (Å²) in [5.74, 6) is -4.21. The van der Waals surface area contributed by atoms with Crippen LogP contribution in [0.25, 0.3) is 0 Å². The number of benzene rings is 1. The second-order valence-electron chi connectivity index (χ2n) is 6.02. The summed E-state index contributed by atoms with van der Waals surface area (Å²) in [4.78, 5) is 34.6. The first kappa shape index (κ1) is 19.4. The quantitative estimate of drug-likeness (QED) is 0.625. The van der Waals surface area contributed by atoms with E-state index in [1.54, 1.807) is 20.8 Å². The highest BCUT2D eigenvalue weighted by Crippen LogP contribution is 2.24. The van der Waals surface area contributed by atoms with Crippen LogP contribution in [0.2, 0.25) is 0 Å². The monoisotopic (exact) mass is 341 g/mol. The average molecular weight is 341 g/mol. The molecule has 132 valence electrons. The summed E-state index contributed by atoms with van der Waals surface area (Å²) in [5, 5.41) is 11.2. The Hall–Kier alpha value is -2.64. The lowest BCUT2D eigenvalue weighted by molar-refractivity contribution is -0.163. The van der Waals surface area contributed by atoms with Gasteiger partial charge in [0, 0.05) is 0 Å². The number of carboxylic acid groups (broad SMARTS) is 1. The molecule has 0 heterocycles. The number of aliphatic carboxylic acids is 1. The van der Waals surface area contributed by atoms with Crippen molar-refractivity contribution in [1.29, 1.82) is 0 Å². The summed E-state index contributed by atoms with van der Waals surface area (Å²) in [6, 6.07) is 2.66. The minimum atomic E-state index is -1.22. The highest BCUT2D eigenvalue weighted by Gasteiger charge is 2.27. The Morgan fingerprint density at radius 2 is 1.92 bits per heavy atom. The standard InChI is InChI=1S/C16H20FNO6/c1-16(2,3)24-15(22)14(21)18-11(8-13(19)20)9-5-6-12(23-4)10(17)7-9/h5-7,11H,8H2,1-4H3,(H,18,21)(H,19,20). The lowest BCUT2D eigenvalue weighted by Crippen LogP contribution is -2.39. The van der Waals surface area contributed by atoms with Gasteiger partial charge in [-0.25, -0.2) is 9.18 Å². The summed E-state index contributed by atoms with van der Waals surface area (Å²) in [6.45, 7) is 4.77. The van der Waals surface area contributed by atoms with Gasteiger partial charge in [0.25, 0.3) is 0 Å². The molecular formula is C16H20FNO6. The third-order valence-electron chi connectivity index (χ3n) is 2.85. The first-order valence-electron chi connectivity index (χ1n) is 7.12. The van der Waals surface area contributed by atoms with Crippen molar-refractivity contribution in [2.24, 2.45) is 0 Å². The van der Waals surface area contributed by atoms with E-state index >= 15 is 0 Å². The molecule has 1 aromatic rings. The van der Waals surface area contributed by atoms with E-state index in [2.05, 4.69) is 5.32 Å². The molecule has 0 aliphatic heterocycles. The first-order chi connectivity index (χ1) is 11.0. The number of hydrogen-bond acceptors (Lipinski definition) is 5. The smallest absolute Gasteiger partial charge is 0.397 e. The third kappa shape index (κ3) is 5.86. The summed E-state index contributed by atoms with van der Waals surface area (Å²) in [6.07, 6.45) is -0.527. The summed E-state index contributed by atoms with van der Waals surface area (Å²) in [7, 11) is 1.29. The fourth-order valence-corrected chi connectivity index (χ4v) is 1.87. The van der Waals surface area contributed by atoms with Crippen molar-refractivity contribution >= 4 is 17.8 Å². The topological polar surface area (TPSA) is 102 Å². The third-order valence-corrected chi connectivity index (χ3v) is 2.85. The van der Waals surface area contributed by atoms with Crippen LogP contribution in [0.1, 0.15) is 38.8 Å². The lowest BCUT2D eigenvalue weighted by atomic mass is 10.0. The molecule has 0 fully saturated rings. The molecule has 0 saturated carbocycles. The number of ether oxygens (including phenoxy) is 2. The van der Waals surface area contributed by atoms with Crippen LogP contribution in [0.15, 0.2) is 18.2 Å². The molecule has 1 atom stereocenters. The van der Waals surface area contributed by atoms with Gasteiger partial charge in [-0.1, -0.05) is 6.07 Å². The number of rotatable bonds is 5. The Balaban J connectivity index is 2.97. The van der Waals surface area contributed by atoms with E-state index in [4.69, 9.17) is 14.6 Å². The van der Waals surface area contributed by atoms with Crippen LogP contribution in [0.4, 0.5) is 4.39 Å². The van der Waals surface area contributed by atoms with Crippen molar-refractivity contribution in [3.63, 3.8) is 0 Å². The van der Waals surface area contributed by atoms with Crippen LogP contribution in [-0.4, -0.2) is 35.7 Å². The highest BCUT2D eigenvalue weighted by atomic mass is 19.1. The van der Waals surface area contributed by atoms with Gasteiger partial charge < -0.3 is 19.9 Å². The number of amides is 1. The second kappa shape index (κ2) is 7.76. The van der Waals surface area contributed by atoms with Crippen molar-refractivity contribution in [3.8, 4) is 5.75 Å². The van der Waals surface area contributed by atoms with Gasteiger partial charge in [-0.05, 0) is 38.5 Å². The van der Waals surface area contributed by atoms with Gasteiger partial charge in [0.05, 0.1) is 19.6 Å². The minimum Gasteiger partial charge on any atom is -0.494 e. The Morgan fingerprint density at radius 1 is 1.29 bits per heavy atom. The zero-order valence-corrected chi connectivity index (χ0v) is 13.9. The maximum atomic E-state index is 13.8. The van der Waals surface area contributed by atoms with Crippen LogP contribution in [0.5, 0.6) is 5.75 Å². The molecule has 1 amide bonds. The number of carbonyl (C=O) groups is 3. The second-order valence-corrected chi connectivity index (χ2v) is 6.02. The fourth-order valence-electron chi connectivity index (χ4n) is 1.87. The normalized spacial score (nSPS) is 12.2. The molecule has 2 N–H and O–H groups in total. The summed E-state index contributed by atoms with van der Waals surface area (Å²) >= 11 is 0. The number of hydrogen-bond donors (Lipinski definition) is 2. The molecule has 0 spiro atoms. The van der Waals surface area contributed by atoms with Gasteiger partial charge >= 0.3 is 17.8 Å². The van der Waals surface area contributed by atoms with E-state index in [1.165, 1.54) is 19.2 Å². The molecule has 0 aliphatic rings. The SMILES string of the molecule is COc1ccc(C(CC(=O)O)NC(=O)C(=O)OC(C)(C)C)cc1F. The molecule has 8 heteroatoms. The molecule has 0 aromatic heterocycles. The van der Waals surface area contributed by atoms with E-state index in [1.807, 2.05) is 0 Å². The molecule has 0 radical (unpaired) electrons. The van der Waals surface area contributed by atoms with E-state index in [9.17, 15) is 18.8 Å². The van der Waals surface area contributed by atoms with Crippen LogP contribution in [0, 0.1) is 5.82 Å². The van der Waals surface area contributed by atoms with E-state index in [-0.39, 0.29) is 11.3 Å². The van der Waals surface area contributed by atoms with E-state index in [0.29, 0.717) is 0 Å². The number of carboxylic acids is 1. The van der Waals surface area contributed by atoms with Crippen LogP contribution >= 0.6 is 0 Å². The van der Waals surface area contributed by atoms with Crippen molar-refractivity contribution in [2.45, 2.75) is 38.8 Å². The molecule has 1 aromatic carbocycles. The van der Waals surface area contributed by atoms with E-state index < -0.39 is 41.7 Å². The minimum absolute atomic E-state index is 0.0220. The zero-order valence-electron chi connectivity index (χ0n) is 13.9. The predicted octanol–water partition coefficient (Wildman–Crippen LogP) is 1.81. The maximum Gasteiger partial charge on any atom is 0.397 e. The van der Waals surface area contributed by atoms with Gasteiger partial charge in [-0.2, -0.15) is 0 Å². The van der Waals surface area contributed by atoms with Gasteiger partial charge in [-0.3, -0.25) is 9.59 Å². The average Bonchev–Trinajstić information content (AvgIpc) is 2.44. The number of nitrogens with one attached hydrogen (secondary N) is 1. The number of esters is 1. The number of halogens is 1. The van der Waals surface area contributed by atoms with Crippen LogP contribution < -0.4 is 10.1 Å². The largest absolute Gasteiger partial charge is 0.494 e. The van der Waals surface area contributed by atoms with Gasteiger partial charge in [-0.15, -0.1) is 0 Å². The Bertz CT molecular complexity index is 638. The predicted molar refractivity (Wildman–Crippen MR) is 81.9 cm³/mol. The molecule has 1 rings (SSSR count). The van der Waals surface area contributed by atoms with Crippen molar-refractivity contribution < 1.29 is 33.4 Å². The van der Waals surface area contributed by atoms with Crippen LogP contribution in [-0.2, 0) is 19.1 Å². The molecular weight excluding hydrogens is 321 g/mol. The molecule has 0 saturated heterocycles. The Labute approximate surface area is 138 Å². The summed E-state index contributed by atoms with van der Waals surface area (Å²) < 4.78 is 23.5. The zero-order chi connectivity index (χ0) is 18.5. The number of carbonyl (C=O) groups excluding carboxylic acids is 2. The molecule has 0 bridgehead atoms. The Kier molecular flexibility index (Phi) is 6.27. The van der Waals surface area contributed by atoms with Gasteiger partial charge in [0.1, 0.15) is 5.60 Å². The maximum absolute atomic E-state index is 13.8. The summed E-state index contributed by atoms with van der Waals surface area (Å²) in [5.41, 5.74) is -0.684. The highest BCUT2D eigenvalue weighted by molar-refractivity contribution is 6.32. The lowest BCUT2D eigenvalue weighted by Gasteiger charge is -2.21. The van der Waals surface area contributed by atoms with Gasteiger partial charge in [0.2, 0.25) is 0 Å². The van der Waals surface area contributed by atoms with Crippen LogP contribution in [0.3, 0.4) is 0 Å². The molecule has 1 unspecified atom stereocenters. The molecule has 7 nitrogen and oxygen atoms in total. The van der Waals surface area contributed by atoms with Crippen molar-refractivity contribution in [1.82, 2.24) is 5.32 Å². The molecule has 0 aliphatic carbocycles. The molecule has 24 heavy (non-hydrogen) atoms. The number of methoxy groups -OCH3 is 1. The van der Waals surface area contributed by atoms with E-state index in [0.717, 1.165) is 6.07 Å². The Morgan fingerprint density at radius 3 is 2.38 bits per heavy atom. The first-order valence-corrected chi connectivity index (χ1v) is 7.12. The van der Waals surface area contributed by atoms with Crippen molar-refractivity contribution in [3.05, 3.63) is 29.6 Å². The van der Waals surface area contributed by atoms with Gasteiger partial charge in [0.15, 0.2) is 11.6 Å².